The van der Waals surface area contributed by atoms with Gasteiger partial charge in [-0.05, 0) is 26.0 Å². The first-order chi connectivity index (χ1) is 7.58. The molecule has 1 unspecified atom stereocenters. The van der Waals surface area contributed by atoms with E-state index >= 15 is 0 Å². The van der Waals surface area contributed by atoms with Crippen molar-refractivity contribution in [3.05, 3.63) is 40.0 Å². The van der Waals surface area contributed by atoms with E-state index in [1.807, 2.05) is 19.9 Å². The lowest BCUT2D eigenvalue weighted by Crippen LogP contribution is -2.03. The van der Waals surface area contributed by atoms with Crippen molar-refractivity contribution < 1.29 is 4.39 Å². The fourth-order valence-electron chi connectivity index (χ4n) is 1.52. The molecule has 1 heterocycles. The molecule has 0 aliphatic carbocycles. The molecule has 0 saturated heterocycles. The lowest BCUT2D eigenvalue weighted by molar-refractivity contribution is 0.628. The molecule has 0 aliphatic rings. The molecule has 2 rings (SSSR count). The van der Waals surface area contributed by atoms with Gasteiger partial charge in [-0.15, -0.1) is 11.3 Å². The van der Waals surface area contributed by atoms with Gasteiger partial charge >= 0.3 is 0 Å². The van der Waals surface area contributed by atoms with Crippen LogP contribution in [0.3, 0.4) is 0 Å². The summed E-state index contributed by atoms with van der Waals surface area (Å²) < 4.78 is 13.1. The third-order valence-electron chi connectivity index (χ3n) is 2.30. The maximum Gasteiger partial charge on any atom is 0.123 e. The SMILES string of the molecule is Cc1sc(C(C)N)nc1-c1cccc(F)c1. The number of rotatable bonds is 2. The number of aromatic nitrogens is 1. The highest BCUT2D eigenvalue weighted by Crippen LogP contribution is 2.29. The fourth-order valence-corrected chi connectivity index (χ4v) is 2.41. The molecule has 1 atom stereocenters. The summed E-state index contributed by atoms with van der Waals surface area (Å²) in [4.78, 5) is 5.52. The van der Waals surface area contributed by atoms with Crippen LogP contribution in [0, 0.1) is 12.7 Å². The number of thiazole rings is 1. The normalized spacial score (nSPS) is 12.8. The lowest BCUT2D eigenvalue weighted by atomic mass is 10.1. The predicted octanol–water partition coefficient (Wildman–Crippen LogP) is 3.28. The summed E-state index contributed by atoms with van der Waals surface area (Å²) in [5.41, 5.74) is 7.41. The predicted molar refractivity (Wildman–Crippen MR) is 64.8 cm³/mol. The van der Waals surface area contributed by atoms with Crippen molar-refractivity contribution in [1.29, 1.82) is 0 Å². The Morgan fingerprint density at radius 2 is 2.19 bits per heavy atom. The molecule has 0 spiro atoms. The standard InChI is InChI=1S/C12H13FN2S/c1-7(14)12-15-11(8(2)16-12)9-4-3-5-10(13)6-9/h3-7H,14H2,1-2H3. The van der Waals surface area contributed by atoms with E-state index in [-0.39, 0.29) is 11.9 Å². The summed E-state index contributed by atoms with van der Waals surface area (Å²) in [7, 11) is 0. The molecule has 2 N–H and O–H groups in total. The van der Waals surface area contributed by atoms with Crippen LogP contribution in [0.5, 0.6) is 0 Å². The first-order valence-electron chi connectivity index (χ1n) is 5.07. The summed E-state index contributed by atoms with van der Waals surface area (Å²) in [5, 5.41) is 0.886. The Labute approximate surface area is 97.9 Å². The monoisotopic (exact) mass is 236 g/mol. The van der Waals surface area contributed by atoms with Crippen LogP contribution in [0.1, 0.15) is 22.9 Å². The smallest absolute Gasteiger partial charge is 0.123 e. The number of aryl methyl sites for hydroxylation is 1. The van der Waals surface area contributed by atoms with Crippen LogP contribution in [0.15, 0.2) is 24.3 Å². The number of nitrogens with zero attached hydrogens (tertiary/aromatic N) is 1. The van der Waals surface area contributed by atoms with Gasteiger partial charge in [-0.25, -0.2) is 9.37 Å². The van der Waals surface area contributed by atoms with Crippen LogP contribution >= 0.6 is 11.3 Å². The van der Waals surface area contributed by atoms with E-state index < -0.39 is 0 Å². The minimum atomic E-state index is -0.243. The Morgan fingerprint density at radius 3 is 2.75 bits per heavy atom. The third-order valence-corrected chi connectivity index (χ3v) is 3.47. The highest BCUT2D eigenvalue weighted by atomic mass is 32.1. The second kappa shape index (κ2) is 4.31. The Bertz CT molecular complexity index is 505. The fraction of sp³-hybridized carbons (Fsp3) is 0.250. The highest BCUT2D eigenvalue weighted by molar-refractivity contribution is 7.12. The van der Waals surface area contributed by atoms with Gasteiger partial charge in [0, 0.05) is 10.4 Å². The van der Waals surface area contributed by atoms with Gasteiger partial charge in [-0.1, -0.05) is 12.1 Å². The lowest BCUT2D eigenvalue weighted by Gasteiger charge is -1.99. The van der Waals surface area contributed by atoms with Crippen molar-refractivity contribution >= 4 is 11.3 Å². The van der Waals surface area contributed by atoms with Crippen molar-refractivity contribution in [3.8, 4) is 11.3 Å². The number of nitrogens with two attached hydrogens (primary N) is 1. The minimum Gasteiger partial charge on any atom is -0.322 e. The van der Waals surface area contributed by atoms with E-state index in [1.165, 1.54) is 12.1 Å². The Balaban J connectivity index is 2.48. The molecule has 1 aromatic carbocycles. The number of halogens is 1. The summed E-state index contributed by atoms with van der Waals surface area (Å²) in [5.74, 6) is -0.243. The van der Waals surface area contributed by atoms with Gasteiger partial charge in [0.2, 0.25) is 0 Å². The maximum absolute atomic E-state index is 13.1. The molecular formula is C12H13FN2S. The molecule has 0 amide bonds. The molecule has 0 aliphatic heterocycles. The van der Waals surface area contributed by atoms with Gasteiger partial charge in [0.25, 0.3) is 0 Å². The number of hydrogen-bond donors (Lipinski definition) is 1. The van der Waals surface area contributed by atoms with Crippen LogP contribution < -0.4 is 5.73 Å². The molecule has 2 aromatic rings. The quantitative estimate of drug-likeness (QED) is 0.869. The van der Waals surface area contributed by atoms with Crippen molar-refractivity contribution in [3.63, 3.8) is 0 Å². The molecule has 16 heavy (non-hydrogen) atoms. The van der Waals surface area contributed by atoms with E-state index in [4.69, 9.17) is 5.73 Å². The Kier molecular flexibility index (Phi) is 3.03. The zero-order valence-electron chi connectivity index (χ0n) is 9.20. The Morgan fingerprint density at radius 1 is 1.44 bits per heavy atom. The van der Waals surface area contributed by atoms with Crippen molar-refractivity contribution in [2.24, 2.45) is 5.73 Å². The van der Waals surface area contributed by atoms with E-state index in [9.17, 15) is 4.39 Å². The molecule has 0 fully saturated rings. The molecule has 0 saturated carbocycles. The molecule has 4 heteroatoms. The number of hydrogen-bond acceptors (Lipinski definition) is 3. The minimum absolute atomic E-state index is 0.0778. The summed E-state index contributed by atoms with van der Waals surface area (Å²) in [6.07, 6.45) is 0. The molecule has 2 nitrogen and oxygen atoms in total. The second-order valence-electron chi connectivity index (χ2n) is 3.76. The third kappa shape index (κ3) is 2.13. The zero-order chi connectivity index (χ0) is 11.7. The average Bonchev–Trinajstić information content (AvgIpc) is 2.60. The van der Waals surface area contributed by atoms with E-state index in [1.54, 1.807) is 17.4 Å². The van der Waals surface area contributed by atoms with Crippen molar-refractivity contribution in [2.75, 3.05) is 0 Å². The summed E-state index contributed by atoms with van der Waals surface area (Å²) >= 11 is 1.56. The van der Waals surface area contributed by atoms with Crippen LogP contribution in [-0.4, -0.2) is 4.98 Å². The van der Waals surface area contributed by atoms with Gasteiger partial charge in [0.05, 0.1) is 11.7 Å². The van der Waals surface area contributed by atoms with E-state index in [0.717, 1.165) is 21.1 Å². The van der Waals surface area contributed by atoms with Crippen molar-refractivity contribution in [1.82, 2.24) is 4.98 Å². The summed E-state index contributed by atoms with van der Waals surface area (Å²) in [6, 6.07) is 6.39. The number of benzene rings is 1. The topological polar surface area (TPSA) is 38.9 Å². The van der Waals surface area contributed by atoms with Crippen LogP contribution in [0.4, 0.5) is 4.39 Å². The van der Waals surface area contributed by atoms with Crippen LogP contribution in [0.25, 0.3) is 11.3 Å². The molecule has 84 valence electrons. The maximum atomic E-state index is 13.1. The van der Waals surface area contributed by atoms with Gasteiger partial charge in [0.1, 0.15) is 10.8 Å². The van der Waals surface area contributed by atoms with E-state index in [0.29, 0.717) is 0 Å². The van der Waals surface area contributed by atoms with Crippen molar-refractivity contribution in [2.45, 2.75) is 19.9 Å². The van der Waals surface area contributed by atoms with Gasteiger partial charge in [-0.2, -0.15) is 0 Å². The Hall–Kier alpha value is -1.26. The van der Waals surface area contributed by atoms with E-state index in [2.05, 4.69) is 4.98 Å². The summed E-state index contributed by atoms with van der Waals surface area (Å²) in [6.45, 7) is 3.87. The zero-order valence-corrected chi connectivity index (χ0v) is 10.0. The van der Waals surface area contributed by atoms with Crippen LogP contribution in [-0.2, 0) is 0 Å². The molecular weight excluding hydrogens is 223 g/mol. The second-order valence-corrected chi connectivity index (χ2v) is 4.99. The van der Waals surface area contributed by atoms with Crippen LogP contribution in [0.2, 0.25) is 0 Å². The largest absolute Gasteiger partial charge is 0.322 e. The molecule has 0 radical (unpaired) electrons. The average molecular weight is 236 g/mol. The van der Waals surface area contributed by atoms with Gasteiger partial charge < -0.3 is 5.73 Å². The van der Waals surface area contributed by atoms with Gasteiger partial charge in [-0.3, -0.25) is 0 Å². The highest BCUT2D eigenvalue weighted by Gasteiger charge is 2.12. The van der Waals surface area contributed by atoms with Gasteiger partial charge in [0.15, 0.2) is 0 Å². The molecule has 0 bridgehead atoms. The first kappa shape index (κ1) is 11.2. The first-order valence-corrected chi connectivity index (χ1v) is 5.88. The molecule has 1 aromatic heterocycles.